The lowest BCUT2D eigenvalue weighted by Crippen LogP contribution is -2.33. The predicted octanol–water partition coefficient (Wildman–Crippen LogP) is 4.47. The molecule has 2 heteroatoms. The molecule has 2 aliphatic carbocycles. The third-order valence-corrected chi connectivity index (χ3v) is 4.09. The van der Waals surface area contributed by atoms with Crippen molar-refractivity contribution in [2.75, 3.05) is 13.2 Å². The van der Waals surface area contributed by atoms with Gasteiger partial charge in [-0.2, -0.15) is 0 Å². The lowest BCUT2D eigenvalue weighted by atomic mass is 9.95. The molecule has 0 amide bonds. The molecule has 0 radical (unpaired) electrons. The molecular weight excluding hydrogens is 236 g/mol. The quantitative estimate of drug-likeness (QED) is 0.520. The highest BCUT2D eigenvalue weighted by Gasteiger charge is 2.23. The van der Waals surface area contributed by atoms with Crippen molar-refractivity contribution in [3.8, 4) is 0 Å². The summed E-state index contributed by atoms with van der Waals surface area (Å²) in [7, 11) is 0. The molecule has 2 rings (SSSR count). The van der Waals surface area contributed by atoms with Gasteiger partial charge in [0.05, 0.1) is 13.2 Å². The monoisotopic (exact) mass is 264 g/mol. The van der Waals surface area contributed by atoms with Gasteiger partial charge >= 0.3 is 0 Å². The maximum Gasteiger partial charge on any atom is 0.162 e. The van der Waals surface area contributed by atoms with Crippen LogP contribution in [0, 0.1) is 11.8 Å². The van der Waals surface area contributed by atoms with Crippen molar-refractivity contribution in [3.63, 3.8) is 0 Å². The van der Waals surface area contributed by atoms with E-state index in [9.17, 15) is 0 Å². The van der Waals surface area contributed by atoms with Gasteiger partial charge in [-0.3, -0.25) is 0 Å². The second kappa shape index (κ2) is 7.25. The molecule has 0 aliphatic heterocycles. The number of hydrogen-bond donors (Lipinski definition) is 0. The summed E-state index contributed by atoms with van der Waals surface area (Å²) in [5.74, 6) is 0.901. The Morgan fingerprint density at radius 3 is 1.68 bits per heavy atom. The molecule has 2 atom stereocenters. The standard InChI is InChI=1S/C17H28O2/c1-17(2,18-13-15-9-5-3-6-10-15)19-14-16-11-7-4-8-12-16/h3-5,7,15-16H,6,8-14H2,1-2H3. The van der Waals surface area contributed by atoms with Gasteiger partial charge in [0, 0.05) is 0 Å². The van der Waals surface area contributed by atoms with Crippen LogP contribution in [0.25, 0.3) is 0 Å². The van der Waals surface area contributed by atoms with Crippen LogP contribution in [0.5, 0.6) is 0 Å². The van der Waals surface area contributed by atoms with E-state index in [-0.39, 0.29) is 0 Å². The molecule has 0 heterocycles. The summed E-state index contributed by atoms with van der Waals surface area (Å²) in [6, 6.07) is 0. The van der Waals surface area contributed by atoms with Crippen molar-refractivity contribution in [2.24, 2.45) is 11.8 Å². The molecule has 0 aromatic carbocycles. The minimum absolute atomic E-state index is 0.442. The number of ether oxygens (including phenoxy) is 2. The Hall–Kier alpha value is -0.600. The van der Waals surface area contributed by atoms with Crippen molar-refractivity contribution >= 4 is 0 Å². The highest BCUT2D eigenvalue weighted by Crippen LogP contribution is 2.24. The molecule has 0 spiro atoms. The molecule has 108 valence electrons. The van der Waals surface area contributed by atoms with Gasteiger partial charge in [-0.05, 0) is 64.2 Å². The minimum Gasteiger partial charge on any atom is -0.350 e. The summed E-state index contributed by atoms with van der Waals surface area (Å²) in [5, 5.41) is 0. The number of hydrogen-bond acceptors (Lipinski definition) is 2. The van der Waals surface area contributed by atoms with Crippen molar-refractivity contribution in [1.82, 2.24) is 0 Å². The van der Waals surface area contributed by atoms with Gasteiger partial charge in [0.25, 0.3) is 0 Å². The molecule has 0 saturated carbocycles. The van der Waals surface area contributed by atoms with E-state index in [2.05, 4.69) is 24.3 Å². The lowest BCUT2D eigenvalue weighted by Gasteiger charge is -2.30. The van der Waals surface area contributed by atoms with Gasteiger partial charge in [0.1, 0.15) is 0 Å². The molecule has 2 nitrogen and oxygen atoms in total. The van der Waals surface area contributed by atoms with Crippen LogP contribution in [-0.4, -0.2) is 19.0 Å². The zero-order valence-corrected chi connectivity index (χ0v) is 12.4. The van der Waals surface area contributed by atoms with Crippen LogP contribution in [0.2, 0.25) is 0 Å². The fraction of sp³-hybridized carbons (Fsp3) is 0.765. The van der Waals surface area contributed by atoms with Crippen molar-refractivity contribution in [3.05, 3.63) is 24.3 Å². The smallest absolute Gasteiger partial charge is 0.162 e. The maximum absolute atomic E-state index is 5.99. The molecule has 0 bridgehead atoms. The lowest BCUT2D eigenvalue weighted by molar-refractivity contribution is -0.225. The van der Waals surface area contributed by atoms with Gasteiger partial charge in [-0.25, -0.2) is 0 Å². The molecule has 0 saturated heterocycles. The number of rotatable bonds is 6. The van der Waals surface area contributed by atoms with Crippen LogP contribution >= 0.6 is 0 Å². The Balaban J connectivity index is 1.65. The minimum atomic E-state index is -0.442. The first-order chi connectivity index (χ1) is 9.16. The Morgan fingerprint density at radius 2 is 1.32 bits per heavy atom. The van der Waals surface area contributed by atoms with Crippen LogP contribution in [0.4, 0.5) is 0 Å². The van der Waals surface area contributed by atoms with Gasteiger partial charge in [0.2, 0.25) is 0 Å². The van der Waals surface area contributed by atoms with Gasteiger partial charge in [-0.1, -0.05) is 24.3 Å². The average molecular weight is 264 g/mol. The van der Waals surface area contributed by atoms with E-state index < -0.39 is 5.79 Å². The topological polar surface area (TPSA) is 18.5 Å². The molecule has 0 fully saturated rings. The molecule has 19 heavy (non-hydrogen) atoms. The van der Waals surface area contributed by atoms with E-state index in [0.29, 0.717) is 11.8 Å². The van der Waals surface area contributed by atoms with E-state index in [1.54, 1.807) is 0 Å². The fourth-order valence-corrected chi connectivity index (χ4v) is 2.69. The zero-order valence-electron chi connectivity index (χ0n) is 12.4. The highest BCUT2D eigenvalue weighted by atomic mass is 16.7. The third kappa shape index (κ3) is 5.50. The first-order valence-electron chi connectivity index (χ1n) is 7.73. The summed E-state index contributed by atoms with van der Waals surface area (Å²) in [6.45, 7) is 5.73. The van der Waals surface area contributed by atoms with Crippen molar-refractivity contribution in [2.45, 2.75) is 58.2 Å². The summed E-state index contributed by atoms with van der Waals surface area (Å²) in [4.78, 5) is 0. The Kier molecular flexibility index (Phi) is 5.65. The van der Waals surface area contributed by atoms with Crippen LogP contribution in [-0.2, 0) is 9.47 Å². The molecule has 2 unspecified atom stereocenters. The van der Waals surface area contributed by atoms with E-state index >= 15 is 0 Å². The van der Waals surface area contributed by atoms with Gasteiger partial charge in [0.15, 0.2) is 5.79 Å². The van der Waals surface area contributed by atoms with Crippen LogP contribution in [0.1, 0.15) is 52.4 Å². The first kappa shape index (κ1) is 14.8. The van der Waals surface area contributed by atoms with Crippen molar-refractivity contribution < 1.29 is 9.47 Å². The SMILES string of the molecule is CC(C)(OCC1CC=CCC1)OCC1CC=CCC1. The summed E-state index contributed by atoms with van der Waals surface area (Å²) in [5.41, 5.74) is 0. The second-order valence-corrected chi connectivity index (χ2v) is 6.32. The van der Waals surface area contributed by atoms with Gasteiger partial charge in [-0.15, -0.1) is 0 Å². The first-order valence-corrected chi connectivity index (χ1v) is 7.73. The van der Waals surface area contributed by atoms with E-state index in [0.717, 1.165) is 26.1 Å². The average Bonchev–Trinajstić information content (AvgIpc) is 2.46. The zero-order chi connectivity index (χ0) is 13.6. The van der Waals surface area contributed by atoms with Crippen LogP contribution in [0.15, 0.2) is 24.3 Å². The molecular formula is C17H28O2. The van der Waals surface area contributed by atoms with E-state index in [1.165, 1.54) is 25.7 Å². The summed E-state index contributed by atoms with van der Waals surface area (Å²) in [6.07, 6.45) is 16.3. The molecule has 0 aromatic rings. The van der Waals surface area contributed by atoms with Crippen LogP contribution in [0.3, 0.4) is 0 Å². The number of allylic oxidation sites excluding steroid dienone is 4. The maximum atomic E-state index is 5.99. The summed E-state index contributed by atoms with van der Waals surface area (Å²) >= 11 is 0. The second-order valence-electron chi connectivity index (χ2n) is 6.32. The van der Waals surface area contributed by atoms with E-state index in [1.807, 2.05) is 13.8 Å². The molecule has 0 aromatic heterocycles. The van der Waals surface area contributed by atoms with Crippen LogP contribution < -0.4 is 0 Å². The fourth-order valence-electron chi connectivity index (χ4n) is 2.69. The van der Waals surface area contributed by atoms with E-state index in [4.69, 9.17) is 9.47 Å². The Bertz CT molecular complexity index is 287. The predicted molar refractivity (Wildman–Crippen MR) is 78.9 cm³/mol. The van der Waals surface area contributed by atoms with Crippen molar-refractivity contribution in [1.29, 1.82) is 0 Å². The van der Waals surface area contributed by atoms with Gasteiger partial charge < -0.3 is 9.47 Å². The summed E-state index contributed by atoms with van der Waals surface area (Å²) < 4.78 is 12.0. The highest BCUT2D eigenvalue weighted by molar-refractivity contribution is 4.90. The Morgan fingerprint density at radius 1 is 0.842 bits per heavy atom. The molecule has 2 aliphatic rings. The third-order valence-electron chi connectivity index (χ3n) is 4.09. The Labute approximate surface area is 117 Å². The molecule has 0 N–H and O–H groups in total. The normalized spacial score (nSPS) is 27.7. The largest absolute Gasteiger partial charge is 0.350 e.